The Balaban J connectivity index is 3.00. The van der Waals surface area contributed by atoms with E-state index in [4.69, 9.17) is 9.47 Å². The fraction of sp³-hybridized carbons (Fsp3) is 0.200. The Morgan fingerprint density at radius 1 is 1.53 bits per heavy atom. The molecule has 15 heavy (non-hydrogen) atoms. The van der Waals surface area contributed by atoms with Gasteiger partial charge in [0.05, 0.1) is 11.0 Å². The average molecular weight is 209 g/mol. The minimum Gasteiger partial charge on any atom is -0.467 e. The zero-order valence-corrected chi connectivity index (χ0v) is 8.30. The maximum absolute atomic E-state index is 10.6. The molecule has 5 nitrogen and oxygen atoms in total. The third kappa shape index (κ3) is 3.07. The first kappa shape index (κ1) is 11.2. The predicted molar refractivity (Wildman–Crippen MR) is 55.7 cm³/mol. The molecule has 0 heterocycles. The summed E-state index contributed by atoms with van der Waals surface area (Å²) in [5.74, 6) is 0.390. The minimum absolute atomic E-state index is 0.0292. The van der Waals surface area contributed by atoms with Crippen molar-refractivity contribution in [3.8, 4) is 5.75 Å². The topological polar surface area (TPSA) is 61.6 Å². The van der Waals surface area contributed by atoms with Crippen molar-refractivity contribution in [1.29, 1.82) is 0 Å². The molecule has 0 fully saturated rings. The molecule has 0 aliphatic rings. The van der Waals surface area contributed by atoms with Crippen LogP contribution in [0.15, 0.2) is 24.8 Å². The van der Waals surface area contributed by atoms with Crippen LogP contribution in [0.5, 0.6) is 5.75 Å². The number of nitro benzene ring substituents is 1. The Bertz CT molecular complexity index is 376. The lowest BCUT2D eigenvalue weighted by atomic mass is 10.2. The lowest BCUT2D eigenvalue weighted by Gasteiger charge is -2.05. The molecule has 1 aromatic carbocycles. The van der Waals surface area contributed by atoms with E-state index >= 15 is 0 Å². The third-order valence-corrected chi connectivity index (χ3v) is 1.70. The quantitative estimate of drug-likeness (QED) is 0.423. The van der Waals surface area contributed by atoms with Crippen LogP contribution in [0.3, 0.4) is 0 Å². The van der Waals surface area contributed by atoms with Crippen LogP contribution in [-0.4, -0.2) is 18.8 Å². The molecule has 1 rings (SSSR count). The third-order valence-electron chi connectivity index (χ3n) is 1.70. The van der Waals surface area contributed by atoms with Gasteiger partial charge in [0.1, 0.15) is 5.75 Å². The molecule has 80 valence electrons. The molecule has 0 aromatic heterocycles. The van der Waals surface area contributed by atoms with Crippen molar-refractivity contribution >= 4 is 11.8 Å². The number of ether oxygens (including phenoxy) is 2. The molecule has 5 heteroatoms. The average Bonchev–Trinajstić information content (AvgIpc) is 2.25. The summed E-state index contributed by atoms with van der Waals surface area (Å²) in [6.45, 7) is 3.60. The van der Waals surface area contributed by atoms with Crippen molar-refractivity contribution in [3.63, 3.8) is 0 Å². The van der Waals surface area contributed by atoms with Gasteiger partial charge in [-0.05, 0) is 11.6 Å². The highest BCUT2D eigenvalue weighted by Crippen LogP contribution is 2.23. The fourth-order valence-electron chi connectivity index (χ4n) is 1.04. The number of nitrogens with zero attached hydrogens (tertiary/aromatic N) is 1. The largest absolute Gasteiger partial charge is 0.467 e. The molecule has 0 bridgehead atoms. The Hall–Kier alpha value is -1.88. The molecular weight excluding hydrogens is 198 g/mol. The SMILES string of the molecule is C=Cc1cc(OCOC)cc([N+](=O)[O-])c1. The normalized spacial score (nSPS) is 9.67. The summed E-state index contributed by atoms with van der Waals surface area (Å²) >= 11 is 0. The van der Waals surface area contributed by atoms with Gasteiger partial charge in [-0.2, -0.15) is 0 Å². The van der Waals surface area contributed by atoms with E-state index in [2.05, 4.69) is 6.58 Å². The van der Waals surface area contributed by atoms with E-state index in [-0.39, 0.29) is 12.5 Å². The van der Waals surface area contributed by atoms with Crippen molar-refractivity contribution in [2.45, 2.75) is 0 Å². The molecule has 0 atom stereocenters. The van der Waals surface area contributed by atoms with Gasteiger partial charge in [-0.25, -0.2) is 0 Å². The van der Waals surface area contributed by atoms with E-state index in [1.165, 1.54) is 25.3 Å². The van der Waals surface area contributed by atoms with E-state index in [1.807, 2.05) is 0 Å². The maximum Gasteiger partial charge on any atom is 0.273 e. The van der Waals surface area contributed by atoms with Crippen LogP contribution in [0.1, 0.15) is 5.56 Å². The number of nitro groups is 1. The summed E-state index contributed by atoms with van der Waals surface area (Å²) in [6.07, 6.45) is 1.52. The number of benzene rings is 1. The second-order valence-electron chi connectivity index (χ2n) is 2.77. The standard InChI is InChI=1S/C10H11NO4/c1-3-8-4-9(11(12)13)6-10(5-8)15-7-14-2/h3-6H,1,7H2,2H3. The van der Waals surface area contributed by atoms with Crippen molar-refractivity contribution in [1.82, 2.24) is 0 Å². The van der Waals surface area contributed by atoms with Gasteiger partial charge in [0.25, 0.3) is 5.69 Å². The first-order valence-electron chi connectivity index (χ1n) is 4.21. The van der Waals surface area contributed by atoms with E-state index in [9.17, 15) is 10.1 Å². The van der Waals surface area contributed by atoms with E-state index < -0.39 is 4.92 Å². The minimum atomic E-state index is -0.480. The van der Waals surface area contributed by atoms with Crippen LogP contribution in [-0.2, 0) is 4.74 Å². The summed E-state index contributed by atoms with van der Waals surface area (Å²) in [5.41, 5.74) is 0.605. The summed E-state index contributed by atoms with van der Waals surface area (Å²) in [5, 5.41) is 10.6. The van der Waals surface area contributed by atoms with Crippen LogP contribution < -0.4 is 4.74 Å². The van der Waals surface area contributed by atoms with E-state index in [0.717, 1.165) is 0 Å². The molecular formula is C10H11NO4. The Kier molecular flexibility index (Phi) is 3.82. The summed E-state index contributed by atoms with van der Waals surface area (Å²) in [7, 11) is 1.48. The molecule has 1 aromatic rings. The van der Waals surface area contributed by atoms with Crippen molar-refractivity contribution in [2.24, 2.45) is 0 Å². The van der Waals surface area contributed by atoms with Gasteiger partial charge in [0.15, 0.2) is 6.79 Å². The molecule has 0 amide bonds. The van der Waals surface area contributed by atoms with Crippen LogP contribution in [0.2, 0.25) is 0 Å². The Labute approximate surface area is 87.1 Å². The van der Waals surface area contributed by atoms with E-state index in [0.29, 0.717) is 11.3 Å². The highest BCUT2D eigenvalue weighted by atomic mass is 16.7. The number of non-ortho nitro benzene ring substituents is 1. The summed E-state index contributed by atoms with van der Waals surface area (Å²) in [4.78, 5) is 10.1. The molecule has 0 radical (unpaired) electrons. The van der Waals surface area contributed by atoms with Gasteiger partial charge in [-0.3, -0.25) is 10.1 Å². The smallest absolute Gasteiger partial charge is 0.273 e. The number of methoxy groups -OCH3 is 1. The van der Waals surface area contributed by atoms with Gasteiger partial charge in [-0.1, -0.05) is 12.7 Å². The van der Waals surface area contributed by atoms with Gasteiger partial charge in [-0.15, -0.1) is 0 Å². The van der Waals surface area contributed by atoms with Crippen molar-refractivity contribution in [2.75, 3.05) is 13.9 Å². The van der Waals surface area contributed by atoms with Crippen LogP contribution in [0.4, 0.5) is 5.69 Å². The zero-order valence-electron chi connectivity index (χ0n) is 8.30. The van der Waals surface area contributed by atoms with Gasteiger partial charge in [0, 0.05) is 13.2 Å². The Morgan fingerprint density at radius 3 is 2.80 bits per heavy atom. The van der Waals surface area contributed by atoms with Crippen LogP contribution >= 0.6 is 0 Å². The molecule has 0 aliphatic heterocycles. The van der Waals surface area contributed by atoms with Gasteiger partial charge < -0.3 is 9.47 Å². The summed E-state index contributed by atoms with van der Waals surface area (Å²) in [6, 6.07) is 4.41. The molecule has 0 saturated carbocycles. The first-order valence-corrected chi connectivity index (χ1v) is 4.21. The summed E-state index contributed by atoms with van der Waals surface area (Å²) < 4.78 is 9.82. The molecule has 0 spiro atoms. The lowest BCUT2D eigenvalue weighted by Crippen LogP contribution is -1.99. The fourth-order valence-corrected chi connectivity index (χ4v) is 1.04. The van der Waals surface area contributed by atoms with Crippen LogP contribution in [0, 0.1) is 10.1 Å². The highest BCUT2D eigenvalue weighted by molar-refractivity contribution is 5.55. The van der Waals surface area contributed by atoms with Gasteiger partial charge >= 0.3 is 0 Å². The molecule has 0 unspecified atom stereocenters. The first-order chi connectivity index (χ1) is 7.17. The second-order valence-corrected chi connectivity index (χ2v) is 2.77. The maximum atomic E-state index is 10.6. The number of hydrogen-bond acceptors (Lipinski definition) is 4. The van der Waals surface area contributed by atoms with Gasteiger partial charge in [0.2, 0.25) is 0 Å². The predicted octanol–water partition coefficient (Wildman–Crippen LogP) is 2.22. The van der Waals surface area contributed by atoms with Crippen LogP contribution in [0.25, 0.3) is 6.08 Å². The second kappa shape index (κ2) is 5.11. The number of rotatable bonds is 5. The van der Waals surface area contributed by atoms with Crippen molar-refractivity contribution in [3.05, 3.63) is 40.5 Å². The highest BCUT2D eigenvalue weighted by Gasteiger charge is 2.08. The van der Waals surface area contributed by atoms with Crippen molar-refractivity contribution < 1.29 is 14.4 Å². The molecule has 0 aliphatic carbocycles. The molecule has 0 N–H and O–H groups in total. The van der Waals surface area contributed by atoms with E-state index in [1.54, 1.807) is 6.07 Å². The zero-order chi connectivity index (χ0) is 11.3. The lowest BCUT2D eigenvalue weighted by molar-refractivity contribution is -0.385. The monoisotopic (exact) mass is 209 g/mol. The number of hydrogen-bond donors (Lipinski definition) is 0. The molecule has 0 saturated heterocycles. The Morgan fingerprint density at radius 2 is 2.27 bits per heavy atom.